The van der Waals surface area contributed by atoms with E-state index in [1.54, 1.807) is 0 Å². The Morgan fingerprint density at radius 1 is 1.00 bits per heavy atom. The maximum atomic E-state index is 11.4. The largest absolute Gasteiger partial charge is 0.469 e. The first kappa shape index (κ1) is 17.7. The minimum Gasteiger partial charge on any atom is -0.469 e. The van der Waals surface area contributed by atoms with Crippen molar-refractivity contribution >= 4 is 11.9 Å². The second-order valence-electron chi connectivity index (χ2n) is 5.44. The van der Waals surface area contributed by atoms with E-state index in [0.717, 1.165) is 25.7 Å². The average molecular weight is 270 g/mol. The van der Waals surface area contributed by atoms with Crippen molar-refractivity contribution in [3.63, 3.8) is 0 Å². The molecule has 0 spiro atoms. The topological polar surface area (TPSA) is 52.6 Å². The van der Waals surface area contributed by atoms with Gasteiger partial charge in [-0.15, -0.1) is 0 Å². The molecule has 0 aliphatic carbocycles. The van der Waals surface area contributed by atoms with E-state index in [4.69, 9.17) is 4.74 Å². The van der Waals surface area contributed by atoms with E-state index in [-0.39, 0.29) is 11.9 Å². The fourth-order valence-corrected chi connectivity index (χ4v) is 1.49. The number of methoxy groups -OCH3 is 1. The monoisotopic (exact) mass is 270 g/mol. The van der Waals surface area contributed by atoms with Crippen molar-refractivity contribution in [2.24, 2.45) is 0 Å². The molecule has 0 atom stereocenters. The molecule has 0 heterocycles. The first-order valence-corrected chi connectivity index (χ1v) is 6.79. The van der Waals surface area contributed by atoms with Crippen LogP contribution in [0.15, 0.2) is 12.2 Å². The Morgan fingerprint density at radius 3 is 2.26 bits per heavy atom. The number of hydrogen-bond acceptors (Lipinski definition) is 4. The molecular formula is C15H26O4. The molecule has 0 bridgehead atoms. The Bertz CT molecular complexity index is 300. The third kappa shape index (κ3) is 12.9. The lowest BCUT2D eigenvalue weighted by atomic mass is 10.1. The smallest absolute Gasteiger partial charge is 0.310 e. The molecule has 4 nitrogen and oxygen atoms in total. The molecule has 0 amide bonds. The molecule has 0 radical (unpaired) electrons. The van der Waals surface area contributed by atoms with Crippen molar-refractivity contribution in [2.45, 2.75) is 64.9 Å². The van der Waals surface area contributed by atoms with Gasteiger partial charge in [-0.2, -0.15) is 0 Å². The van der Waals surface area contributed by atoms with E-state index < -0.39 is 5.60 Å². The van der Waals surface area contributed by atoms with Gasteiger partial charge in [0.2, 0.25) is 0 Å². The third-order valence-corrected chi connectivity index (χ3v) is 2.35. The van der Waals surface area contributed by atoms with Gasteiger partial charge in [0, 0.05) is 6.42 Å². The molecule has 0 aromatic rings. The second-order valence-corrected chi connectivity index (χ2v) is 5.44. The van der Waals surface area contributed by atoms with E-state index in [2.05, 4.69) is 4.74 Å². The van der Waals surface area contributed by atoms with Crippen LogP contribution in [-0.2, 0) is 19.1 Å². The molecule has 0 saturated heterocycles. The summed E-state index contributed by atoms with van der Waals surface area (Å²) in [5.74, 6) is -0.352. The van der Waals surface area contributed by atoms with Gasteiger partial charge < -0.3 is 9.47 Å². The van der Waals surface area contributed by atoms with Crippen LogP contribution in [0.3, 0.4) is 0 Å². The Balaban J connectivity index is 3.49. The Morgan fingerprint density at radius 2 is 1.68 bits per heavy atom. The summed E-state index contributed by atoms with van der Waals surface area (Å²) in [6, 6.07) is 0. The first-order valence-electron chi connectivity index (χ1n) is 6.79. The maximum Gasteiger partial charge on any atom is 0.310 e. The van der Waals surface area contributed by atoms with E-state index in [1.807, 2.05) is 32.9 Å². The van der Waals surface area contributed by atoms with Crippen LogP contribution in [0.4, 0.5) is 0 Å². The summed E-state index contributed by atoms with van der Waals surface area (Å²) in [6.07, 6.45) is 8.41. The number of allylic oxidation sites excluding steroid dienone is 1. The number of carbonyl (C=O) groups is 2. The standard InChI is InChI=1S/C15H26O4/c1-15(2,3)19-14(17)12-10-8-6-5-7-9-11-13(16)18-4/h8,10H,5-7,9,11-12H2,1-4H3. The molecule has 0 aliphatic heterocycles. The lowest BCUT2D eigenvalue weighted by Gasteiger charge is -2.18. The van der Waals surface area contributed by atoms with Crippen LogP contribution < -0.4 is 0 Å². The molecule has 4 heteroatoms. The van der Waals surface area contributed by atoms with E-state index in [9.17, 15) is 9.59 Å². The van der Waals surface area contributed by atoms with Crippen molar-refractivity contribution in [1.82, 2.24) is 0 Å². The Kier molecular flexibility index (Phi) is 8.92. The molecule has 0 N–H and O–H groups in total. The minimum absolute atomic E-state index is 0.152. The quantitative estimate of drug-likeness (QED) is 0.385. The number of ether oxygens (including phenoxy) is 2. The van der Waals surface area contributed by atoms with Gasteiger partial charge in [0.05, 0.1) is 13.5 Å². The summed E-state index contributed by atoms with van der Waals surface area (Å²) in [5.41, 5.74) is -0.418. The third-order valence-electron chi connectivity index (χ3n) is 2.35. The minimum atomic E-state index is -0.418. The van der Waals surface area contributed by atoms with Crippen molar-refractivity contribution in [3.8, 4) is 0 Å². The van der Waals surface area contributed by atoms with Crippen molar-refractivity contribution in [2.75, 3.05) is 7.11 Å². The second kappa shape index (κ2) is 9.59. The van der Waals surface area contributed by atoms with Crippen molar-refractivity contribution < 1.29 is 19.1 Å². The van der Waals surface area contributed by atoms with Gasteiger partial charge in [-0.25, -0.2) is 0 Å². The van der Waals surface area contributed by atoms with Gasteiger partial charge in [0.25, 0.3) is 0 Å². The molecule has 0 aromatic heterocycles. The maximum absolute atomic E-state index is 11.4. The number of unbranched alkanes of at least 4 members (excludes halogenated alkanes) is 3. The summed E-state index contributed by atoms with van der Waals surface area (Å²) in [7, 11) is 1.40. The zero-order chi connectivity index (χ0) is 14.7. The molecule has 0 aromatic carbocycles. The summed E-state index contributed by atoms with van der Waals surface area (Å²) >= 11 is 0. The average Bonchev–Trinajstić information content (AvgIpc) is 2.29. The molecule has 0 unspecified atom stereocenters. The lowest BCUT2D eigenvalue weighted by Crippen LogP contribution is -2.23. The fourth-order valence-electron chi connectivity index (χ4n) is 1.49. The van der Waals surface area contributed by atoms with Crippen LogP contribution in [0.25, 0.3) is 0 Å². The summed E-state index contributed by atoms with van der Waals surface area (Å²) in [6.45, 7) is 5.57. The zero-order valence-corrected chi connectivity index (χ0v) is 12.5. The highest BCUT2D eigenvalue weighted by Crippen LogP contribution is 2.09. The van der Waals surface area contributed by atoms with Crippen LogP contribution in [-0.4, -0.2) is 24.6 Å². The van der Waals surface area contributed by atoms with Gasteiger partial charge in [0.15, 0.2) is 0 Å². The van der Waals surface area contributed by atoms with Crippen LogP contribution in [0.5, 0.6) is 0 Å². The Hall–Kier alpha value is -1.32. The van der Waals surface area contributed by atoms with Crippen LogP contribution in [0, 0.1) is 0 Å². The van der Waals surface area contributed by atoms with Gasteiger partial charge in [0.1, 0.15) is 5.60 Å². The molecule has 19 heavy (non-hydrogen) atoms. The number of hydrogen-bond donors (Lipinski definition) is 0. The zero-order valence-electron chi connectivity index (χ0n) is 12.5. The van der Waals surface area contributed by atoms with Gasteiger partial charge >= 0.3 is 11.9 Å². The highest BCUT2D eigenvalue weighted by Gasteiger charge is 2.14. The van der Waals surface area contributed by atoms with Crippen LogP contribution in [0.1, 0.15) is 59.3 Å². The summed E-state index contributed by atoms with van der Waals surface area (Å²) in [4.78, 5) is 22.2. The van der Waals surface area contributed by atoms with Crippen molar-refractivity contribution in [1.29, 1.82) is 0 Å². The van der Waals surface area contributed by atoms with Crippen molar-refractivity contribution in [3.05, 3.63) is 12.2 Å². The summed E-state index contributed by atoms with van der Waals surface area (Å²) < 4.78 is 9.74. The molecular weight excluding hydrogens is 244 g/mol. The highest BCUT2D eigenvalue weighted by molar-refractivity contribution is 5.71. The molecule has 0 aliphatic rings. The fraction of sp³-hybridized carbons (Fsp3) is 0.733. The van der Waals surface area contributed by atoms with Gasteiger partial charge in [-0.05, 0) is 40.0 Å². The van der Waals surface area contributed by atoms with Gasteiger partial charge in [-0.3, -0.25) is 9.59 Å². The SMILES string of the molecule is COC(=O)CCCCCC=CCC(=O)OC(C)(C)C. The predicted molar refractivity (Wildman–Crippen MR) is 74.7 cm³/mol. The predicted octanol–water partition coefficient (Wildman–Crippen LogP) is 3.40. The van der Waals surface area contributed by atoms with E-state index in [0.29, 0.717) is 12.8 Å². The Labute approximate surface area is 116 Å². The van der Waals surface area contributed by atoms with Crippen LogP contribution >= 0.6 is 0 Å². The number of carbonyl (C=O) groups excluding carboxylic acids is 2. The van der Waals surface area contributed by atoms with Gasteiger partial charge in [-0.1, -0.05) is 18.6 Å². The van der Waals surface area contributed by atoms with E-state index >= 15 is 0 Å². The number of rotatable bonds is 8. The first-order chi connectivity index (χ1) is 8.85. The normalized spacial score (nSPS) is 11.6. The molecule has 110 valence electrons. The van der Waals surface area contributed by atoms with Crippen LogP contribution in [0.2, 0.25) is 0 Å². The molecule has 0 fully saturated rings. The lowest BCUT2D eigenvalue weighted by molar-refractivity contribution is -0.153. The molecule has 0 rings (SSSR count). The van der Waals surface area contributed by atoms with E-state index in [1.165, 1.54) is 7.11 Å². The summed E-state index contributed by atoms with van der Waals surface area (Å²) in [5, 5.41) is 0. The molecule has 0 saturated carbocycles. The number of esters is 2. The highest BCUT2D eigenvalue weighted by atomic mass is 16.6.